The van der Waals surface area contributed by atoms with Gasteiger partial charge in [0, 0.05) is 9.35 Å². The third-order valence-corrected chi connectivity index (χ3v) is 7.02. The monoisotopic (exact) mass is 439 g/mol. The van der Waals surface area contributed by atoms with E-state index in [0.717, 1.165) is 10.4 Å². The van der Waals surface area contributed by atoms with Crippen molar-refractivity contribution in [3.05, 3.63) is 86.3 Å². The summed E-state index contributed by atoms with van der Waals surface area (Å²) in [5, 5.41) is 1.88. The van der Waals surface area contributed by atoms with E-state index >= 15 is 0 Å². The Hall–Kier alpha value is -1.54. The van der Waals surface area contributed by atoms with E-state index in [2.05, 4.69) is 20.7 Å². The number of hydrogen-bond acceptors (Lipinski definition) is 3. The summed E-state index contributed by atoms with van der Waals surface area (Å²) in [5.41, 5.74) is 1.63. The highest BCUT2D eigenvalue weighted by molar-refractivity contribution is 9.10. The van der Waals surface area contributed by atoms with Crippen LogP contribution in [0.15, 0.2) is 69.3 Å². The quantitative estimate of drug-likeness (QED) is 0.605. The number of benzene rings is 2. The Morgan fingerprint density at radius 2 is 1.84 bits per heavy atom. The van der Waals surface area contributed by atoms with Crippen molar-refractivity contribution in [2.24, 2.45) is 0 Å². The molecule has 1 heterocycles. The van der Waals surface area contributed by atoms with E-state index < -0.39 is 16.1 Å². The minimum atomic E-state index is -3.78. The molecule has 0 aliphatic rings. The SMILES string of the molecule is Cc1ccc(S(=O)(=O)NC(c2ccc(F)cc2)c2cccs2)c(Br)c1. The van der Waals surface area contributed by atoms with Crippen molar-refractivity contribution in [2.45, 2.75) is 17.9 Å². The van der Waals surface area contributed by atoms with Gasteiger partial charge in [0.15, 0.2) is 0 Å². The average molecular weight is 440 g/mol. The van der Waals surface area contributed by atoms with Gasteiger partial charge in [-0.2, -0.15) is 4.72 Å². The van der Waals surface area contributed by atoms with Crippen molar-refractivity contribution < 1.29 is 12.8 Å². The molecule has 0 aliphatic heterocycles. The lowest BCUT2D eigenvalue weighted by Crippen LogP contribution is -2.29. The van der Waals surface area contributed by atoms with Gasteiger partial charge in [0.25, 0.3) is 0 Å². The number of thiophene rings is 1. The number of halogens is 2. The first-order valence-electron chi connectivity index (χ1n) is 7.44. The number of sulfonamides is 1. The zero-order valence-electron chi connectivity index (χ0n) is 13.2. The lowest BCUT2D eigenvalue weighted by molar-refractivity contribution is 0.572. The van der Waals surface area contributed by atoms with Gasteiger partial charge in [-0.05, 0) is 69.7 Å². The second-order valence-electron chi connectivity index (χ2n) is 5.56. The number of nitrogens with one attached hydrogen (secondary N) is 1. The summed E-state index contributed by atoms with van der Waals surface area (Å²) >= 11 is 4.76. The second kappa shape index (κ2) is 7.37. The molecule has 7 heteroatoms. The molecule has 130 valence electrons. The molecule has 25 heavy (non-hydrogen) atoms. The summed E-state index contributed by atoms with van der Waals surface area (Å²) in [7, 11) is -3.78. The van der Waals surface area contributed by atoms with Gasteiger partial charge in [-0.3, -0.25) is 0 Å². The Kier molecular flexibility index (Phi) is 5.38. The van der Waals surface area contributed by atoms with Crippen LogP contribution < -0.4 is 4.72 Å². The smallest absolute Gasteiger partial charge is 0.207 e. The fourth-order valence-corrected chi connectivity index (χ4v) is 5.72. The molecule has 3 aromatic rings. The molecule has 0 saturated heterocycles. The van der Waals surface area contributed by atoms with Gasteiger partial charge in [-0.15, -0.1) is 11.3 Å². The van der Waals surface area contributed by atoms with Crippen LogP contribution in [0.4, 0.5) is 4.39 Å². The molecule has 3 nitrogen and oxygen atoms in total. The van der Waals surface area contributed by atoms with Gasteiger partial charge < -0.3 is 0 Å². The maximum absolute atomic E-state index is 13.2. The summed E-state index contributed by atoms with van der Waals surface area (Å²) in [6, 6.07) is 14.0. The third kappa shape index (κ3) is 4.17. The lowest BCUT2D eigenvalue weighted by atomic mass is 10.1. The molecule has 0 radical (unpaired) electrons. The standard InChI is InChI=1S/C18H15BrFNO2S2/c1-12-4-9-17(15(19)11-12)25(22,23)21-18(16-3-2-10-24-16)13-5-7-14(20)8-6-13/h2-11,18,21H,1H3. The molecular weight excluding hydrogens is 425 g/mol. The van der Waals surface area contributed by atoms with Crippen LogP contribution in [-0.4, -0.2) is 8.42 Å². The highest BCUT2D eigenvalue weighted by Crippen LogP contribution is 2.30. The maximum atomic E-state index is 13.2. The van der Waals surface area contributed by atoms with E-state index in [1.807, 2.05) is 24.4 Å². The fraction of sp³-hybridized carbons (Fsp3) is 0.111. The van der Waals surface area contributed by atoms with Crippen molar-refractivity contribution in [1.82, 2.24) is 4.72 Å². The van der Waals surface area contributed by atoms with Crippen LogP contribution in [0, 0.1) is 12.7 Å². The maximum Gasteiger partial charge on any atom is 0.242 e. The molecule has 0 amide bonds. The number of hydrogen-bond donors (Lipinski definition) is 1. The Balaban J connectivity index is 2.01. The van der Waals surface area contributed by atoms with Crippen molar-refractivity contribution in [2.75, 3.05) is 0 Å². The van der Waals surface area contributed by atoms with E-state index in [1.54, 1.807) is 30.3 Å². The minimum Gasteiger partial charge on any atom is -0.207 e. The van der Waals surface area contributed by atoms with Crippen molar-refractivity contribution in [3.63, 3.8) is 0 Å². The summed E-state index contributed by atoms with van der Waals surface area (Å²) in [6.07, 6.45) is 0. The van der Waals surface area contributed by atoms with E-state index in [9.17, 15) is 12.8 Å². The first-order chi connectivity index (χ1) is 11.9. The highest BCUT2D eigenvalue weighted by atomic mass is 79.9. The van der Waals surface area contributed by atoms with Crippen LogP contribution in [0.3, 0.4) is 0 Å². The molecule has 0 aliphatic carbocycles. The molecule has 0 spiro atoms. The van der Waals surface area contributed by atoms with Gasteiger partial charge in [-0.25, -0.2) is 12.8 Å². The van der Waals surface area contributed by atoms with Gasteiger partial charge in [0.2, 0.25) is 10.0 Å². The molecule has 0 bridgehead atoms. The topological polar surface area (TPSA) is 46.2 Å². The fourth-order valence-electron chi connectivity index (χ4n) is 2.44. The predicted octanol–water partition coefficient (Wildman–Crippen LogP) is 5.03. The van der Waals surface area contributed by atoms with Crippen molar-refractivity contribution in [3.8, 4) is 0 Å². The summed E-state index contributed by atoms with van der Waals surface area (Å²) < 4.78 is 42.3. The summed E-state index contributed by atoms with van der Waals surface area (Å²) in [6.45, 7) is 1.89. The normalized spacial score (nSPS) is 12.9. The largest absolute Gasteiger partial charge is 0.242 e. The van der Waals surface area contributed by atoms with Gasteiger partial charge in [0.05, 0.1) is 10.9 Å². The van der Waals surface area contributed by atoms with Crippen LogP contribution in [-0.2, 0) is 10.0 Å². The lowest BCUT2D eigenvalue weighted by Gasteiger charge is -2.19. The Labute approximate surface area is 158 Å². The molecular formula is C18H15BrFNO2S2. The first-order valence-corrected chi connectivity index (χ1v) is 10.6. The number of rotatable bonds is 5. The van der Waals surface area contributed by atoms with Gasteiger partial charge >= 0.3 is 0 Å². The van der Waals surface area contributed by atoms with E-state index in [-0.39, 0.29) is 10.7 Å². The minimum absolute atomic E-state index is 0.168. The summed E-state index contributed by atoms with van der Waals surface area (Å²) in [4.78, 5) is 1.00. The Morgan fingerprint density at radius 1 is 1.12 bits per heavy atom. The van der Waals surface area contributed by atoms with Crippen molar-refractivity contribution in [1.29, 1.82) is 0 Å². The molecule has 1 atom stereocenters. The second-order valence-corrected chi connectivity index (χ2v) is 9.07. The van der Waals surface area contributed by atoms with E-state index in [1.165, 1.54) is 23.5 Å². The molecule has 3 rings (SSSR count). The van der Waals surface area contributed by atoms with Crippen LogP contribution in [0.1, 0.15) is 22.0 Å². The van der Waals surface area contributed by atoms with Gasteiger partial charge in [-0.1, -0.05) is 24.3 Å². The Bertz CT molecular complexity index is 971. The zero-order valence-corrected chi connectivity index (χ0v) is 16.5. The Morgan fingerprint density at radius 3 is 2.44 bits per heavy atom. The van der Waals surface area contributed by atoms with E-state index in [0.29, 0.717) is 10.0 Å². The molecule has 1 N–H and O–H groups in total. The third-order valence-electron chi connectivity index (χ3n) is 3.68. The molecule has 0 fully saturated rings. The zero-order chi connectivity index (χ0) is 18.0. The van der Waals surface area contributed by atoms with Gasteiger partial charge in [0.1, 0.15) is 5.82 Å². The van der Waals surface area contributed by atoms with Crippen LogP contribution in [0.5, 0.6) is 0 Å². The first kappa shape index (κ1) is 18.3. The van der Waals surface area contributed by atoms with Crippen molar-refractivity contribution >= 4 is 37.3 Å². The average Bonchev–Trinajstić information content (AvgIpc) is 3.07. The molecule has 2 aromatic carbocycles. The van der Waals surface area contributed by atoms with Crippen LogP contribution in [0.25, 0.3) is 0 Å². The highest BCUT2D eigenvalue weighted by Gasteiger charge is 2.25. The summed E-state index contributed by atoms with van der Waals surface area (Å²) in [5.74, 6) is -0.363. The number of aryl methyl sites for hydroxylation is 1. The van der Waals surface area contributed by atoms with Crippen LogP contribution in [0.2, 0.25) is 0 Å². The predicted molar refractivity (Wildman–Crippen MR) is 102 cm³/mol. The molecule has 1 unspecified atom stereocenters. The van der Waals surface area contributed by atoms with Crippen LogP contribution >= 0.6 is 27.3 Å². The van der Waals surface area contributed by atoms with E-state index in [4.69, 9.17) is 0 Å². The molecule has 1 aromatic heterocycles. The molecule has 0 saturated carbocycles.